The first kappa shape index (κ1) is 15.7. The van der Waals surface area contributed by atoms with Crippen LogP contribution in [0.4, 0.5) is 17.1 Å². The summed E-state index contributed by atoms with van der Waals surface area (Å²) in [6.45, 7) is 1.83. The van der Waals surface area contributed by atoms with Gasteiger partial charge in [0.05, 0.1) is 24.7 Å². The zero-order valence-corrected chi connectivity index (χ0v) is 13.5. The molecule has 0 unspecified atom stereocenters. The minimum absolute atomic E-state index is 0.276. The van der Waals surface area contributed by atoms with Crippen molar-refractivity contribution in [2.24, 2.45) is 0 Å². The number of hydrogen-bond donors (Lipinski definition) is 2. The second-order valence-electron chi connectivity index (χ2n) is 5.29. The number of rotatable bonds is 5. The fraction of sp³-hybridized carbons (Fsp3) is 0.105. The molecule has 0 radical (unpaired) electrons. The van der Waals surface area contributed by atoms with Crippen LogP contribution < -0.4 is 15.4 Å². The van der Waals surface area contributed by atoms with Gasteiger partial charge in [-0.2, -0.15) is 0 Å². The molecule has 0 bridgehead atoms. The Morgan fingerprint density at radius 1 is 1.00 bits per heavy atom. The highest BCUT2D eigenvalue weighted by atomic mass is 16.5. The number of furan rings is 1. The topological polar surface area (TPSA) is 63.5 Å². The van der Waals surface area contributed by atoms with Gasteiger partial charge in [0.2, 0.25) is 0 Å². The van der Waals surface area contributed by atoms with Crippen LogP contribution in [-0.2, 0) is 0 Å². The Labute approximate surface area is 140 Å². The van der Waals surface area contributed by atoms with E-state index in [1.807, 2.05) is 55.5 Å². The van der Waals surface area contributed by atoms with Gasteiger partial charge in [0.15, 0.2) is 5.76 Å². The number of hydrogen-bond acceptors (Lipinski definition) is 4. The molecule has 0 aliphatic carbocycles. The fourth-order valence-electron chi connectivity index (χ4n) is 2.32. The zero-order valence-electron chi connectivity index (χ0n) is 13.5. The number of anilines is 3. The van der Waals surface area contributed by atoms with Crippen molar-refractivity contribution in [3.05, 3.63) is 72.2 Å². The molecule has 5 nitrogen and oxygen atoms in total. The number of amides is 1. The van der Waals surface area contributed by atoms with E-state index in [2.05, 4.69) is 10.6 Å². The molecule has 122 valence electrons. The molecule has 1 heterocycles. The lowest BCUT2D eigenvalue weighted by Crippen LogP contribution is -2.13. The number of methoxy groups -OCH3 is 1. The summed E-state index contributed by atoms with van der Waals surface area (Å²) >= 11 is 0. The lowest BCUT2D eigenvalue weighted by atomic mass is 10.2. The lowest BCUT2D eigenvalue weighted by Gasteiger charge is -2.13. The average Bonchev–Trinajstić information content (AvgIpc) is 3.03. The van der Waals surface area contributed by atoms with Crippen LogP contribution in [0.15, 0.2) is 65.3 Å². The molecule has 1 aromatic heterocycles. The molecule has 2 aromatic carbocycles. The molecule has 0 saturated heterocycles. The number of benzene rings is 2. The van der Waals surface area contributed by atoms with Crippen LogP contribution in [0.25, 0.3) is 0 Å². The first-order valence-corrected chi connectivity index (χ1v) is 7.53. The monoisotopic (exact) mass is 322 g/mol. The Morgan fingerprint density at radius 2 is 1.71 bits per heavy atom. The van der Waals surface area contributed by atoms with Gasteiger partial charge in [0.1, 0.15) is 5.75 Å². The number of carbonyl (C=O) groups excluding carboxylic acids is 1. The van der Waals surface area contributed by atoms with E-state index in [4.69, 9.17) is 9.15 Å². The molecule has 0 aliphatic heterocycles. The summed E-state index contributed by atoms with van der Waals surface area (Å²) in [5, 5.41) is 6.16. The van der Waals surface area contributed by atoms with E-state index in [1.165, 1.54) is 6.26 Å². The third kappa shape index (κ3) is 3.41. The molecule has 2 N–H and O–H groups in total. The van der Waals surface area contributed by atoms with Gasteiger partial charge in [-0.15, -0.1) is 0 Å². The largest absolute Gasteiger partial charge is 0.497 e. The Kier molecular flexibility index (Phi) is 4.52. The van der Waals surface area contributed by atoms with Gasteiger partial charge in [0, 0.05) is 11.3 Å². The van der Waals surface area contributed by atoms with Crippen molar-refractivity contribution < 1.29 is 13.9 Å². The maximum absolute atomic E-state index is 12.3. The third-order valence-corrected chi connectivity index (χ3v) is 3.61. The average molecular weight is 322 g/mol. The van der Waals surface area contributed by atoms with Gasteiger partial charge in [-0.25, -0.2) is 0 Å². The van der Waals surface area contributed by atoms with Crippen LogP contribution in [0.3, 0.4) is 0 Å². The summed E-state index contributed by atoms with van der Waals surface area (Å²) in [6.07, 6.45) is 1.51. The Morgan fingerprint density at radius 3 is 2.33 bits per heavy atom. The van der Waals surface area contributed by atoms with E-state index in [0.717, 1.165) is 22.7 Å². The zero-order chi connectivity index (χ0) is 16.9. The van der Waals surface area contributed by atoms with Gasteiger partial charge in [-0.05, 0) is 49.4 Å². The molecule has 24 heavy (non-hydrogen) atoms. The first-order valence-electron chi connectivity index (χ1n) is 7.53. The molecule has 0 spiro atoms. The SMILES string of the molecule is COc1ccc(Nc2ccccc2NC(=O)c2occc2C)cc1. The van der Waals surface area contributed by atoms with Crippen LogP contribution >= 0.6 is 0 Å². The summed E-state index contributed by atoms with van der Waals surface area (Å²) < 4.78 is 10.4. The van der Waals surface area contributed by atoms with Crippen molar-refractivity contribution in [1.29, 1.82) is 0 Å². The number of para-hydroxylation sites is 2. The molecular formula is C19H18N2O3. The Bertz CT molecular complexity index is 838. The molecule has 0 saturated carbocycles. The maximum atomic E-state index is 12.3. The normalized spacial score (nSPS) is 10.2. The third-order valence-electron chi connectivity index (χ3n) is 3.61. The van der Waals surface area contributed by atoms with E-state index in [-0.39, 0.29) is 5.91 Å². The second kappa shape index (κ2) is 6.91. The van der Waals surface area contributed by atoms with Crippen molar-refractivity contribution in [1.82, 2.24) is 0 Å². The van der Waals surface area contributed by atoms with Crippen LogP contribution in [-0.4, -0.2) is 13.0 Å². The summed E-state index contributed by atoms with van der Waals surface area (Å²) in [5.74, 6) is 0.825. The van der Waals surface area contributed by atoms with Crippen LogP contribution in [0.1, 0.15) is 16.1 Å². The van der Waals surface area contributed by atoms with Gasteiger partial charge >= 0.3 is 0 Å². The first-order chi connectivity index (χ1) is 11.7. The van der Waals surface area contributed by atoms with E-state index in [9.17, 15) is 4.79 Å². The molecule has 5 heteroatoms. The summed E-state index contributed by atoms with van der Waals surface area (Å²) in [6, 6.07) is 16.8. The Hall–Kier alpha value is -3.21. The minimum Gasteiger partial charge on any atom is -0.497 e. The van der Waals surface area contributed by atoms with E-state index in [1.54, 1.807) is 13.2 Å². The number of ether oxygens (including phenoxy) is 1. The smallest absolute Gasteiger partial charge is 0.291 e. The van der Waals surface area contributed by atoms with E-state index < -0.39 is 0 Å². The molecule has 1 amide bonds. The number of nitrogens with one attached hydrogen (secondary N) is 2. The lowest BCUT2D eigenvalue weighted by molar-refractivity contribution is 0.0996. The molecule has 0 fully saturated rings. The van der Waals surface area contributed by atoms with Gasteiger partial charge < -0.3 is 19.8 Å². The second-order valence-corrected chi connectivity index (χ2v) is 5.29. The fourth-order valence-corrected chi connectivity index (χ4v) is 2.32. The van der Waals surface area contributed by atoms with Crippen molar-refractivity contribution in [2.75, 3.05) is 17.7 Å². The molecule has 3 rings (SSSR count). The van der Waals surface area contributed by atoms with Crippen molar-refractivity contribution in [3.8, 4) is 5.75 Å². The summed E-state index contributed by atoms with van der Waals surface area (Å²) in [4.78, 5) is 12.3. The quantitative estimate of drug-likeness (QED) is 0.721. The van der Waals surface area contributed by atoms with Gasteiger partial charge in [-0.3, -0.25) is 4.79 Å². The Balaban J connectivity index is 1.80. The van der Waals surface area contributed by atoms with Gasteiger partial charge in [0.25, 0.3) is 5.91 Å². The van der Waals surface area contributed by atoms with E-state index >= 15 is 0 Å². The minimum atomic E-state index is -0.276. The van der Waals surface area contributed by atoms with Crippen LogP contribution in [0, 0.1) is 6.92 Å². The summed E-state index contributed by atoms with van der Waals surface area (Å²) in [7, 11) is 1.63. The standard InChI is InChI=1S/C19H18N2O3/c1-13-11-12-24-18(13)19(22)21-17-6-4-3-5-16(17)20-14-7-9-15(23-2)10-8-14/h3-12,20H,1-2H3,(H,21,22). The maximum Gasteiger partial charge on any atom is 0.291 e. The summed E-state index contributed by atoms with van der Waals surface area (Å²) in [5.41, 5.74) is 3.16. The highest BCUT2D eigenvalue weighted by Crippen LogP contribution is 2.27. The van der Waals surface area contributed by atoms with Gasteiger partial charge in [-0.1, -0.05) is 12.1 Å². The molecule has 3 aromatic rings. The van der Waals surface area contributed by atoms with Crippen molar-refractivity contribution >= 4 is 23.0 Å². The highest BCUT2D eigenvalue weighted by molar-refractivity contribution is 6.05. The highest BCUT2D eigenvalue weighted by Gasteiger charge is 2.14. The van der Waals surface area contributed by atoms with Crippen molar-refractivity contribution in [2.45, 2.75) is 6.92 Å². The molecular weight excluding hydrogens is 304 g/mol. The predicted molar refractivity (Wildman–Crippen MR) is 94.1 cm³/mol. The van der Waals surface area contributed by atoms with Crippen LogP contribution in [0.2, 0.25) is 0 Å². The molecule has 0 atom stereocenters. The molecule has 0 aliphatic rings. The van der Waals surface area contributed by atoms with Crippen molar-refractivity contribution in [3.63, 3.8) is 0 Å². The van der Waals surface area contributed by atoms with E-state index in [0.29, 0.717) is 11.4 Å². The van der Waals surface area contributed by atoms with Crippen LogP contribution in [0.5, 0.6) is 5.75 Å². The number of aryl methyl sites for hydroxylation is 1. The number of carbonyl (C=O) groups is 1. The predicted octanol–water partition coefficient (Wildman–Crippen LogP) is 4.59.